The Balaban J connectivity index is 1.58. The van der Waals surface area contributed by atoms with Crippen molar-refractivity contribution in [2.75, 3.05) is 12.4 Å². The molecule has 0 bridgehead atoms. The smallest absolute Gasteiger partial charge is 0.169 e. The molecule has 1 aromatic heterocycles. The average molecular weight is 382 g/mol. The van der Waals surface area contributed by atoms with Crippen molar-refractivity contribution in [2.45, 2.75) is 24.7 Å². The number of fused-ring (bicyclic) bond motifs is 1. The number of hydrogen-bond donors (Lipinski definition) is 1. The lowest BCUT2D eigenvalue weighted by molar-refractivity contribution is 0.101. The molecule has 0 saturated heterocycles. The van der Waals surface area contributed by atoms with E-state index in [9.17, 15) is 9.90 Å². The van der Waals surface area contributed by atoms with Crippen LogP contribution < -0.4 is 4.74 Å². The monoisotopic (exact) mass is 382 g/mol. The summed E-state index contributed by atoms with van der Waals surface area (Å²) in [4.78, 5) is 15.9. The number of ketones is 1. The fraction of sp³-hybridized carbons (Fsp3) is 0.238. The number of rotatable bonds is 9. The average Bonchev–Trinajstić information content (AvgIpc) is 3.03. The molecule has 1 heterocycles. The number of ether oxygens (including phenoxy) is 1. The van der Waals surface area contributed by atoms with Gasteiger partial charge in [-0.25, -0.2) is 4.98 Å². The first-order valence-corrected chi connectivity index (χ1v) is 9.68. The highest BCUT2D eigenvalue weighted by Gasteiger charge is 2.13. The van der Waals surface area contributed by atoms with Crippen molar-refractivity contribution in [1.29, 1.82) is 0 Å². The fourth-order valence-electron chi connectivity index (χ4n) is 2.67. The highest BCUT2D eigenvalue weighted by Crippen LogP contribution is 2.25. The highest BCUT2D eigenvalue weighted by molar-refractivity contribution is 7.99. The number of imidazole rings is 1. The molecule has 1 N–H and O–H groups in total. The van der Waals surface area contributed by atoms with Gasteiger partial charge in [-0.15, -0.1) is 6.58 Å². The van der Waals surface area contributed by atoms with E-state index in [1.54, 1.807) is 24.3 Å². The molecule has 3 rings (SSSR count). The zero-order valence-electron chi connectivity index (χ0n) is 15.2. The van der Waals surface area contributed by atoms with Gasteiger partial charge in [-0.3, -0.25) is 4.79 Å². The van der Waals surface area contributed by atoms with Crippen LogP contribution >= 0.6 is 11.8 Å². The van der Waals surface area contributed by atoms with Gasteiger partial charge >= 0.3 is 0 Å². The van der Waals surface area contributed by atoms with E-state index in [2.05, 4.69) is 16.1 Å². The van der Waals surface area contributed by atoms with Crippen LogP contribution in [0.25, 0.3) is 11.0 Å². The third-order valence-electron chi connectivity index (χ3n) is 4.04. The van der Waals surface area contributed by atoms with Crippen LogP contribution in [-0.2, 0) is 6.54 Å². The normalized spacial score (nSPS) is 12.1. The number of thioether (sulfide) groups is 1. The van der Waals surface area contributed by atoms with Crippen LogP contribution in [0.2, 0.25) is 0 Å². The summed E-state index contributed by atoms with van der Waals surface area (Å²) in [6.45, 7) is 6.17. The molecule has 0 aliphatic carbocycles. The standard InChI is InChI=1S/C21H22N2O3S/c1-3-12-23-20-7-5-4-6-19(20)22-21(23)27-14-17(25)13-26-18-10-8-16(9-11-18)15(2)24/h3-11,17,25H,1,12-14H2,2H3. The van der Waals surface area contributed by atoms with Crippen molar-refractivity contribution < 1.29 is 14.6 Å². The van der Waals surface area contributed by atoms with E-state index in [1.807, 2.05) is 30.3 Å². The summed E-state index contributed by atoms with van der Waals surface area (Å²) in [7, 11) is 0. The van der Waals surface area contributed by atoms with Crippen LogP contribution in [0.1, 0.15) is 17.3 Å². The molecule has 6 heteroatoms. The van der Waals surface area contributed by atoms with Crippen LogP contribution in [0.4, 0.5) is 0 Å². The second-order valence-electron chi connectivity index (χ2n) is 6.14. The van der Waals surface area contributed by atoms with Crippen molar-refractivity contribution >= 4 is 28.6 Å². The molecule has 0 saturated carbocycles. The lowest BCUT2D eigenvalue weighted by Crippen LogP contribution is -2.20. The van der Waals surface area contributed by atoms with Crippen molar-refractivity contribution in [3.05, 3.63) is 66.7 Å². The number of para-hydroxylation sites is 2. The van der Waals surface area contributed by atoms with E-state index >= 15 is 0 Å². The molecule has 5 nitrogen and oxygen atoms in total. The largest absolute Gasteiger partial charge is 0.491 e. The maximum absolute atomic E-state index is 11.3. The first-order chi connectivity index (χ1) is 13.1. The molecule has 0 spiro atoms. The summed E-state index contributed by atoms with van der Waals surface area (Å²) >= 11 is 1.49. The minimum Gasteiger partial charge on any atom is -0.491 e. The van der Waals surface area contributed by atoms with Gasteiger partial charge in [0, 0.05) is 17.9 Å². The van der Waals surface area contributed by atoms with E-state index in [-0.39, 0.29) is 12.4 Å². The van der Waals surface area contributed by atoms with Crippen molar-refractivity contribution in [3.8, 4) is 5.75 Å². The Kier molecular flexibility index (Phi) is 6.32. The van der Waals surface area contributed by atoms with Gasteiger partial charge in [-0.2, -0.15) is 0 Å². The molecule has 0 radical (unpaired) electrons. The molecule has 3 aromatic rings. The van der Waals surface area contributed by atoms with E-state index < -0.39 is 6.10 Å². The van der Waals surface area contributed by atoms with E-state index in [0.717, 1.165) is 16.2 Å². The van der Waals surface area contributed by atoms with Crippen molar-refractivity contribution in [1.82, 2.24) is 9.55 Å². The number of hydrogen-bond acceptors (Lipinski definition) is 5. The molecule has 27 heavy (non-hydrogen) atoms. The molecule has 140 valence electrons. The quantitative estimate of drug-likeness (QED) is 0.345. The Bertz CT molecular complexity index is 934. The molecule has 2 aromatic carbocycles. The number of carbonyl (C=O) groups is 1. The highest BCUT2D eigenvalue weighted by atomic mass is 32.2. The number of Topliss-reactive ketones (excluding diaryl/α,β-unsaturated/α-hetero) is 1. The predicted octanol–water partition coefficient (Wildman–Crippen LogP) is 3.96. The Morgan fingerprint density at radius 1 is 1.30 bits per heavy atom. The van der Waals surface area contributed by atoms with E-state index in [1.165, 1.54) is 18.7 Å². The zero-order valence-corrected chi connectivity index (χ0v) is 16.0. The minimum absolute atomic E-state index is 0.0143. The fourth-order valence-corrected chi connectivity index (χ4v) is 3.60. The molecule has 0 aliphatic heterocycles. The van der Waals surface area contributed by atoms with Gasteiger partial charge in [0.1, 0.15) is 12.4 Å². The maximum atomic E-state index is 11.3. The van der Waals surface area contributed by atoms with Crippen molar-refractivity contribution in [2.24, 2.45) is 0 Å². The lowest BCUT2D eigenvalue weighted by Gasteiger charge is -2.12. The van der Waals surface area contributed by atoms with Gasteiger partial charge < -0.3 is 14.4 Å². The first-order valence-electron chi connectivity index (χ1n) is 8.69. The van der Waals surface area contributed by atoms with E-state index in [4.69, 9.17) is 4.74 Å². The van der Waals surface area contributed by atoms with Gasteiger partial charge in [0.2, 0.25) is 0 Å². The van der Waals surface area contributed by atoms with Gasteiger partial charge in [0.15, 0.2) is 10.9 Å². The Morgan fingerprint density at radius 3 is 2.74 bits per heavy atom. The molecule has 1 unspecified atom stereocenters. The number of aliphatic hydroxyl groups excluding tert-OH is 1. The molecular formula is C21H22N2O3S. The molecule has 0 fully saturated rings. The Morgan fingerprint density at radius 2 is 2.04 bits per heavy atom. The third kappa shape index (κ3) is 4.78. The summed E-state index contributed by atoms with van der Waals surface area (Å²) in [5, 5.41) is 11.1. The third-order valence-corrected chi connectivity index (χ3v) is 5.16. The second-order valence-corrected chi connectivity index (χ2v) is 7.13. The van der Waals surface area contributed by atoms with E-state index in [0.29, 0.717) is 23.6 Å². The number of allylic oxidation sites excluding steroid dienone is 1. The number of aromatic nitrogens is 2. The summed E-state index contributed by atoms with van der Waals surface area (Å²) in [5.74, 6) is 1.11. The number of benzene rings is 2. The molecule has 0 aliphatic rings. The lowest BCUT2D eigenvalue weighted by atomic mass is 10.1. The minimum atomic E-state index is -0.639. The number of nitrogens with zero attached hydrogens (tertiary/aromatic N) is 2. The SMILES string of the molecule is C=CCn1c(SCC(O)COc2ccc(C(C)=O)cc2)nc2ccccc21. The molecule has 0 amide bonds. The summed E-state index contributed by atoms with van der Waals surface area (Å²) < 4.78 is 7.69. The zero-order chi connectivity index (χ0) is 19.2. The van der Waals surface area contributed by atoms with Gasteiger partial charge in [-0.05, 0) is 43.3 Å². The van der Waals surface area contributed by atoms with Gasteiger partial charge in [0.05, 0.1) is 17.1 Å². The molecule has 1 atom stereocenters. The number of aliphatic hydroxyl groups is 1. The van der Waals surface area contributed by atoms with Gasteiger partial charge in [-0.1, -0.05) is 30.0 Å². The predicted molar refractivity (Wildman–Crippen MR) is 109 cm³/mol. The van der Waals surface area contributed by atoms with Crippen LogP contribution in [-0.4, -0.2) is 38.9 Å². The van der Waals surface area contributed by atoms with Gasteiger partial charge in [0.25, 0.3) is 0 Å². The summed E-state index contributed by atoms with van der Waals surface area (Å²) in [5.41, 5.74) is 2.62. The summed E-state index contributed by atoms with van der Waals surface area (Å²) in [6.07, 6.45) is 1.20. The second kappa shape index (κ2) is 8.88. The Labute approximate surface area is 162 Å². The van der Waals surface area contributed by atoms with Crippen LogP contribution in [0, 0.1) is 0 Å². The van der Waals surface area contributed by atoms with Crippen LogP contribution in [0.15, 0.2) is 66.3 Å². The molecular weight excluding hydrogens is 360 g/mol. The first kappa shape index (κ1) is 19.2. The topological polar surface area (TPSA) is 64.3 Å². The van der Waals surface area contributed by atoms with Crippen molar-refractivity contribution in [3.63, 3.8) is 0 Å². The summed E-state index contributed by atoms with van der Waals surface area (Å²) in [6, 6.07) is 14.9. The Hall–Kier alpha value is -2.57. The number of carbonyl (C=O) groups excluding carboxylic acids is 1. The van der Waals surface area contributed by atoms with Crippen LogP contribution in [0.5, 0.6) is 5.75 Å². The maximum Gasteiger partial charge on any atom is 0.169 e. The van der Waals surface area contributed by atoms with Crippen LogP contribution in [0.3, 0.4) is 0 Å².